The van der Waals surface area contributed by atoms with Crippen molar-refractivity contribution in [2.75, 3.05) is 84.1 Å². The molecule has 3 saturated heterocycles. The number of piperazine rings is 1. The van der Waals surface area contributed by atoms with Crippen LogP contribution in [0.15, 0.2) is 53.4 Å². The summed E-state index contributed by atoms with van der Waals surface area (Å²) in [6.45, 7) is 9.24. The number of carbonyl (C=O) groups excluding carboxylic acids is 1. The molecule has 8 rings (SSSR count). The number of nitrogens with zero attached hydrogens (tertiary/aromatic N) is 6. The highest BCUT2D eigenvalue weighted by molar-refractivity contribution is 8.45. The van der Waals surface area contributed by atoms with Gasteiger partial charge in [-0.05, 0) is 80.6 Å². The summed E-state index contributed by atoms with van der Waals surface area (Å²) in [7, 11) is -3.81. The van der Waals surface area contributed by atoms with Crippen molar-refractivity contribution in [1.82, 2.24) is 25.2 Å². The molecule has 0 bridgehead atoms. The van der Waals surface area contributed by atoms with Crippen molar-refractivity contribution in [1.29, 1.82) is 0 Å². The number of fused-ring (bicyclic) bond motifs is 3. The molecule has 12 nitrogen and oxygen atoms in total. The molecule has 0 saturated carbocycles. The summed E-state index contributed by atoms with van der Waals surface area (Å²) in [4.78, 5) is 27.5. The molecular weight excluding hydrogens is 872 g/mol. The third-order valence-electron chi connectivity index (χ3n) is 10.9. The van der Waals surface area contributed by atoms with Gasteiger partial charge in [-0.2, -0.15) is 9.97 Å². The number of rotatable bonds is 9. The van der Waals surface area contributed by atoms with Gasteiger partial charge < -0.3 is 34.4 Å². The number of ether oxygens (including phenoxy) is 3. The third-order valence-corrected chi connectivity index (χ3v) is 12.0. The number of halogens is 7. The topological polar surface area (TPSA) is 125 Å². The van der Waals surface area contributed by atoms with Gasteiger partial charge in [-0.25, -0.2) is 13.8 Å². The Morgan fingerprint density at radius 2 is 1.59 bits per heavy atom. The fourth-order valence-electron chi connectivity index (χ4n) is 8.02. The molecule has 0 radical (unpaired) electrons. The van der Waals surface area contributed by atoms with Crippen LogP contribution >= 0.6 is 10.2 Å². The molecule has 5 aromatic rings. The Morgan fingerprint density at radius 1 is 0.938 bits per heavy atom. The number of nitrogens with one attached hydrogen (secondary N) is 1. The molecule has 3 aliphatic rings. The lowest BCUT2D eigenvalue weighted by atomic mass is 9.95. The molecule has 0 atom stereocenters. The molecule has 2 aromatic heterocycles. The fourth-order valence-corrected chi connectivity index (χ4v) is 8.70. The summed E-state index contributed by atoms with van der Waals surface area (Å²) >= 11 is 0. The number of phenolic OH excluding ortho intramolecular Hbond substituents is 1. The number of hydrogen-bond donors (Lipinski definition) is 2. The quantitative estimate of drug-likeness (QED) is 0.0835. The van der Waals surface area contributed by atoms with E-state index in [0.717, 1.165) is 75.9 Å². The predicted octanol–water partition coefficient (Wildman–Crippen LogP) is 9.46. The number of anilines is 2. The van der Waals surface area contributed by atoms with E-state index in [-0.39, 0.29) is 75.1 Å². The average Bonchev–Trinajstić information content (AvgIpc) is 3.87. The number of phenols is 1. The van der Waals surface area contributed by atoms with Crippen molar-refractivity contribution in [3.63, 3.8) is 0 Å². The van der Waals surface area contributed by atoms with E-state index in [9.17, 15) is 33.7 Å². The van der Waals surface area contributed by atoms with Crippen LogP contribution in [0, 0.1) is 24.0 Å². The molecule has 3 aliphatic heterocycles. The second-order valence-electron chi connectivity index (χ2n) is 15.0. The zero-order chi connectivity index (χ0) is 47.1. The summed E-state index contributed by atoms with van der Waals surface area (Å²) in [6.07, 6.45) is 10.2. The predicted molar refractivity (Wildman–Crippen MR) is 236 cm³/mol. The van der Waals surface area contributed by atoms with Crippen LogP contribution in [0.5, 0.6) is 17.6 Å². The number of aromatic hydroxyl groups is 1. The first kappa shape index (κ1) is 49.4. The molecule has 3 fully saturated rings. The van der Waals surface area contributed by atoms with Gasteiger partial charge in [0.2, 0.25) is 12.3 Å². The van der Waals surface area contributed by atoms with Gasteiger partial charge in [-0.3, -0.25) is 9.69 Å². The van der Waals surface area contributed by atoms with Crippen LogP contribution in [0.2, 0.25) is 0 Å². The van der Waals surface area contributed by atoms with Gasteiger partial charge in [0.1, 0.15) is 45.5 Å². The Kier molecular flexibility index (Phi) is 14.8. The van der Waals surface area contributed by atoms with Gasteiger partial charge in [0.15, 0.2) is 5.82 Å². The molecule has 20 heteroatoms. The van der Waals surface area contributed by atoms with E-state index in [2.05, 4.69) is 30.8 Å². The number of aromatic nitrogens is 3. The lowest BCUT2D eigenvalue weighted by molar-refractivity contribution is -0.107. The normalized spacial score (nSPS) is 16.7. The third kappa shape index (κ3) is 10.7. The van der Waals surface area contributed by atoms with Crippen molar-refractivity contribution in [2.45, 2.75) is 50.0 Å². The molecule has 1 amide bonds. The highest BCUT2D eigenvalue weighted by atomic mass is 32.5. The summed E-state index contributed by atoms with van der Waals surface area (Å²) in [5, 5.41) is 14.9. The van der Waals surface area contributed by atoms with Crippen molar-refractivity contribution in [2.24, 2.45) is 0 Å². The standard InChI is InChI=1S/C32H32F2N6O3.C8H8F5NOS.C2H6O.C2H6/c1-3-21-23(33)7-6-19-16-20(41)17-22(24(19)21)27-26(34)28-25(30(36-27)42-2)29(39-14-10-35-11-15-39)38-31(37-28)43-18-32-8-4-12-40(32)13-5-9-32;1-14(6-15)7-3-2-4-8(5-7)16(9,10,11,12)13;1-3-2;1-2/h1,6-7,16-17,35,41H,4-5,8-15,18H2,2H3;2-6H,1H3;1-2H3;1-2H3. The molecule has 348 valence electrons. The van der Waals surface area contributed by atoms with E-state index >= 15 is 4.39 Å². The van der Waals surface area contributed by atoms with Crippen LogP contribution in [-0.2, 0) is 9.53 Å². The summed E-state index contributed by atoms with van der Waals surface area (Å²) < 4.78 is 110. The van der Waals surface area contributed by atoms with Gasteiger partial charge in [0.25, 0.3) is 0 Å². The first-order valence-corrected chi connectivity index (χ1v) is 22.4. The second kappa shape index (κ2) is 19.2. The van der Waals surface area contributed by atoms with E-state index in [0.29, 0.717) is 36.3 Å². The van der Waals surface area contributed by atoms with Crippen molar-refractivity contribution in [3.05, 3.63) is 65.7 Å². The molecule has 0 unspecified atom stereocenters. The number of carbonyl (C=O) groups is 1. The maximum absolute atomic E-state index is 16.8. The lowest BCUT2D eigenvalue weighted by Gasteiger charge is -2.40. The second-order valence-corrected chi connectivity index (χ2v) is 17.4. The lowest BCUT2D eigenvalue weighted by Crippen LogP contribution is -2.44. The van der Waals surface area contributed by atoms with Gasteiger partial charge in [-0.1, -0.05) is 51.3 Å². The first-order chi connectivity index (χ1) is 30.3. The van der Waals surface area contributed by atoms with Crippen molar-refractivity contribution in [3.8, 4) is 41.2 Å². The number of benzene rings is 3. The summed E-state index contributed by atoms with van der Waals surface area (Å²) in [6, 6.07) is 8.02. The van der Waals surface area contributed by atoms with E-state index in [1.54, 1.807) is 14.2 Å². The number of hydrogen-bond acceptors (Lipinski definition) is 11. The van der Waals surface area contributed by atoms with E-state index < -0.39 is 26.8 Å². The maximum Gasteiger partial charge on any atom is 0.319 e. The van der Waals surface area contributed by atoms with E-state index in [4.69, 9.17) is 20.9 Å². The number of methoxy groups -OCH3 is 2. The minimum atomic E-state index is -9.67. The Hall–Kier alpha value is -5.62. The fraction of sp³-hybridized carbons (Fsp3) is 0.409. The van der Waals surface area contributed by atoms with Crippen molar-refractivity contribution >= 4 is 49.8 Å². The number of terminal acetylenes is 1. The molecular formula is C44H52F7N7O5S. The molecule has 2 N–H and O–H groups in total. The van der Waals surface area contributed by atoms with Crippen LogP contribution in [0.25, 0.3) is 32.9 Å². The Labute approximate surface area is 367 Å². The Balaban J connectivity index is 0.000000308. The van der Waals surface area contributed by atoms with Crippen LogP contribution in [0.4, 0.5) is 39.7 Å². The maximum atomic E-state index is 16.8. The van der Waals surface area contributed by atoms with Crippen LogP contribution in [0.1, 0.15) is 45.1 Å². The first-order valence-electron chi connectivity index (χ1n) is 20.4. The van der Waals surface area contributed by atoms with Gasteiger partial charge in [-0.15, -0.1) is 6.42 Å². The monoisotopic (exact) mass is 923 g/mol. The Morgan fingerprint density at radius 3 is 2.19 bits per heavy atom. The number of pyridine rings is 1. The molecule has 3 aromatic carbocycles. The van der Waals surface area contributed by atoms with E-state index in [1.807, 2.05) is 18.7 Å². The molecule has 0 aliphatic carbocycles. The minimum Gasteiger partial charge on any atom is -0.508 e. The van der Waals surface area contributed by atoms with Gasteiger partial charge in [0, 0.05) is 64.1 Å². The highest BCUT2D eigenvalue weighted by Gasteiger charge is 2.65. The molecule has 64 heavy (non-hydrogen) atoms. The molecule has 0 spiro atoms. The zero-order valence-corrected chi connectivity index (χ0v) is 37.2. The smallest absolute Gasteiger partial charge is 0.319 e. The summed E-state index contributed by atoms with van der Waals surface area (Å²) in [5.74, 6) is 1.38. The van der Waals surface area contributed by atoms with Crippen molar-refractivity contribution < 1.29 is 52.3 Å². The van der Waals surface area contributed by atoms with Gasteiger partial charge >= 0.3 is 16.2 Å². The SMILES string of the molecule is C#Cc1c(F)ccc2cc(O)cc(-c3nc(OC)c4c(N5CCNCC5)nc(OCC56CCCN5CCC6)nc4c3F)c12.CC.CN(C=O)c1cccc(S(F)(F)(F)(F)F)c1.COC. The summed E-state index contributed by atoms with van der Waals surface area (Å²) in [5.41, 5.74) is -0.457. The average molecular weight is 924 g/mol. The largest absolute Gasteiger partial charge is 0.508 e. The van der Waals surface area contributed by atoms with Crippen LogP contribution in [-0.4, -0.2) is 111 Å². The number of amides is 1. The zero-order valence-electron chi connectivity index (χ0n) is 36.4. The van der Waals surface area contributed by atoms with Gasteiger partial charge in [0.05, 0.1) is 18.2 Å². The highest BCUT2D eigenvalue weighted by Crippen LogP contribution is 3.02. The van der Waals surface area contributed by atoms with Crippen LogP contribution < -0.4 is 24.6 Å². The Bertz CT molecular complexity index is 2510. The molecule has 5 heterocycles. The van der Waals surface area contributed by atoms with E-state index in [1.165, 1.54) is 31.4 Å². The minimum absolute atomic E-state index is 0.0391. The van der Waals surface area contributed by atoms with Crippen LogP contribution in [0.3, 0.4) is 0 Å².